The second-order valence-electron chi connectivity index (χ2n) is 2.85. The van der Waals surface area contributed by atoms with Gasteiger partial charge in [0.25, 0.3) is 0 Å². The third kappa shape index (κ3) is 1.56. The van der Waals surface area contributed by atoms with E-state index < -0.39 is 12.1 Å². The van der Waals surface area contributed by atoms with E-state index in [0.717, 1.165) is 4.90 Å². The van der Waals surface area contributed by atoms with Gasteiger partial charge in [-0.05, 0) is 17.7 Å². The van der Waals surface area contributed by atoms with Gasteiger partial charge in [-0.25, -0.2) is 4.79 Å². The van der Waals surface area contributed by atoms with E-state index in [4.69, 9.17) is 9.84 Å². The summed E-state index contributed by atoms with van der Waals surface area (Å²) < 4.78 is 5.23. The minimum atomic E-state index is -1.48. The Labute approximate surface area is 84.5 Å². The highest BCUT2D eigenvalue weighted by Gasteiger charge is 2.19. The summed E-state index contributed by atoms with van der Waals surface area (Å²) in [6.45, 7) is 0. The largest absolute Gasteiger partial charge is 0.481 e. The van der Waals surface area contributed by atoms with Crippen LogP contribution in [0.4, 0.5) is 0 Å². The van der Waals surface area contributed by atoms with Crippen LogP contribution in [-0.2, 0) is 4.79 Å². The number of aliphatic hydroxyl groups excluding tert-OH is 1. The molecular weight excluding hydrogens is 204 g/mol. The Bertz CT molecular complexity index is 377. The first-order valence-electron chi connectivity index (χ1n) is 3.99. The minimum Gasteiger partial charge on any atom is -0.481 e. The first-order valence-corrected chi connectivity index (χ1v) is 4.97. The molecule has 4 nitrogen and oxygen atoms in total. The van der Waals surface area contributed by atoms with E-state index in [1.165, 1.54) is 0 Å². The summed E-state index contributed by atoms with van der Waals surface area (Å²) >= 11 is 1.55. The molecule has 0 aliphatic carbocycles. The summed E-state index contributed by atoms with van der Waals surface area (Å²) in [6.07, 6.45) is -1.48. The maximum Gasteiger partial charge on any atom is 0.337 e. The van der Waals surface area contributed by atoms with Gasteiger partial charge in [-0.2, -0.15) is 0 Å². The number of thioether (sulfide) groups is 1. The molecule has 1 aliphatic rings. The Morgan fingerprint density at radius 1 is 1.57 bits per heavy atom. The average molecular weight is 212 g/mol. The Balaban J connectivity index is 2.33. The van der Waals surface area contributed by atoms with Crippen LogP contribution in [0.1, 0.15) is 11.7 Å². The molecule has 0 amide bonds. The molecule has 5 heteroatoms. The number of aliphatic carboxylic acids is 1. The van der Waals surface area contributed by atoms with Gasteiger partial charge in [0.05, 0.1) is 4.90 Å². The first-order chi connectivity index (χ1) is 6.68. The summed E-state index contributed by atoms with van der Waals surface area (Å²) in [5.74, 6) is -0.0644. The Morgan fingerprint density at radius 3 is 3.07 bits per heavy atom. The van der Waals surface area contributed by atoms with E-state index in [0.29, 0.717) is 17.3 Å². The fraction of sp³-hybridized carbons (Fsp3) is 0.222. The summed E-state index contributed by atoms with van der Waals surface area (Å²) in [5.41, 5.74) is 0.346. The van der Waals surface area contributed by atoms with Crippen LogP contribution in [0.3, 0.4) is 0 Å². The minimum absolute atomic E-state index is 0.346. The number of rotatable bonds is 2. The van der Waals surface area contributed by atoms with Gasteiger partial charge in [0.15, 0.2) is 6.10 Å². The van der Waals surface area contributed by atoms with E-state index in [1.807, 2.05) is 0 Å². The van der Waals surface area contributed by atoms with Crippen LogP contribution < -0.4 is 4.74 Å². The number of benzene rings is 1. The molecule has 2 rings (SSSR count). The van der Waals surface area contributed by atoms with Crippen molar-refractivity contribution < 1.29 is 19.7 Å². The number of carboxylic acids is 1. The van der Waals surface area contributed by atoms with Gasteiger partial charge in [0.1, 0.15) is 11.7 Å². The molecule has 1 aromatic carbocycles. The Morgan fingerprint density at radius 2 is 2.36 bits per heavy atom. The van der Waals surface area contributed by atoms with Crippen LogP contribution >= 0.6 is 11.8 Å². The van der Waals surface area contributed by atoms with Crippen molar-refractivity contribution >= 4 is 17.7 Å². The van der Waals surface area contributed by atoms with Crippen molar-refractivity contribution in [2.24, 2.45) is 0 Å². The second-order valence-corrected chi connectivity index (χ2v) is 3.82. The summed E-state index contributed by atoms with van der Waals surface area (Å²) in [5, 5.41) is 17.9. The molecule has 2 N–H and O–H groups in total. The third-order valence-electron chi connectivity index (χ3n) is 1.95. The molecule has 0 aromatic heterocycles. The van der Waals surface area contributed by atoms with E-state index in [-0.39, 0.29) is 0 Å². The highest BCUT2D eigenvalue weighted by molar-refractivity contribution is 7.99. The van der Waals surface area contributed by atoms with Crippen molar-refractivity contribution in [3.8, 4) is 5.75 Å². The molecule has 0 bridgehead atoms. The smallest absolute Gasteiger partial charge is 0.337 e. The predicted octanol–water partition coefficient (Wildman–Crippen LogP) is 1.25. The van der Waals surface area contributed by atoms with Crippen LogP contribution in [0.2, 0.25) is 0 Å². The van der Waals surface area contributed by atoms with Gasteiger partial charge in [-0.15, -0.1) is 0 Å². The third-order valence-corrected chi connectivity index (χ3v) is 2.83. The zero-order valence-electron chi connectivity index (χ0n) is 7.14. The lowest BCUT2D eigenvalue weighted by Gasteiger charge is -2.06. The molecule has 74 valence electrons. The molecule has 1 aliphatic heterocycles. The number of fused-ring (bicyclic) bond motifs is 1. The molecule has 0 saturated carbocycles. The van der Waals surface area contributed by atoms with Crippen LogP contribution in [-0.4, -0.2) is 22.1 Å². The summed E-state index contributed by atoms with van der Waals surface area (Å²) in [7, 11) is 0. The van der Waals surface area contributed by atoms with Crippen LogP contribution in [0.25, 0.3) is 0 Å². The lowest BCUT2D eigenvalue weighted by Crippen LogP contribution is -2.10. The molecule has 1 atom stereocenters. The van der Waals surface area contributed by atoms with Crippen LogP contribution in [0, 0.1) is 0 Å². The van der Waals surface area contributed by atoms with Crippen molar-refractivity contribution in [1.29, 1.82) is 0 Å². The first kappa shape index (κ1) is 9.36. The van der Waals surface area contributed by atoms with Crippen molar-refractivity contribution in [3.05, 3.63) is 23.8 Å². The highest BCUT2D eigenvalue weighted by atomic mass is 32.2. The summed E-state index contributed by atoms with van der Waals surface area (Å²) in [6, 6.07) is 4.92. The number of aliphatic hydroxyl groups is 1. The number of ether oxygens (including phenoxy) is 1. The van der Waals surface area contributed by atoms with Gasteiger partial charge in [-0.1, -0.05) is 17.8 Å². The van der Waals surface area contributed by atoms with Crippen LogP contribution in [0.5, 0.6) is 5.75 Å². The maximum absolute atomic E-state index is 10.5. The van der Waals surface area contributed by atoms with Crippen molar-refractivity contribution in [1.82, 2.24) is 0 Å². The predicted molar refractivity (Wildman–Crippen MR) is 50.4 cm³/mol. The second kappa shape index (κ2) is 3.51. The molecule has 1 unspecified atom stereocenters. The van der Waals surface area contributed by atoms with Crippen molar-refractivity contribution in [3.63, 3.8) is 0 Å². The lowest BCUT2D eigenvalue weighted by molar-refractivity contribution is -0.146. The van der Waals surface area contributed by atoms with E-state index in [2.05, 4.69) is 0 Å². The quantitative estimate of drug-likeness (QED) is 0.772. The fourth-order valence-corrected chi connectivity index (χ4v) is 1.96. The highest BCUT2D eigenvalue weighted by Crippen LogP contribution is 2.37. The number of hydrogen-bond acceptors (Lipinski definition) is 4. The van der Waals surface area contributed by atoms with Gasteiger partial charge >= 0.3 is 5.97 Å². The monoisotopic (exact) mass is 212 g/mol. The normalized spacial score (nSPS) is 15.8. The van der Waals surface area contributed by atoms with E-state index >= 15 is 0 Å². The molecule has 0 spiro atoms. The average Bonchev–Trinajstić information content (AvgIpc) is 2.62. The van der Waals surface area contributed by atoms with E-state index in [1.54, 1.807) is 30.0 Å². The van der Waals surface area contributed by atoms with Gasteiger partial charge in [0, 0.05) is 0 Å². The van der Waals surface area contributed by atoms with Gasteiger partial charge in [0.2, 0.25) is 0 Å². The molecular formula is C9H8O4S. The van der Waals surface area contributed by atoms with Crippen molar-refractivity contribution in [2.45, 2.75) is 11.0 Å². The molecule has 0 radical (unpaired) electrons. The summed E-state index contributed by atoms with van der Waals surface area (Å²) in [4.78, 5) is 11.5. The van der Waals surface area contributed by atoms with Gasteiger partial charge < -0.3 is 14.9 Å². The standard InChI is InChI=1S/C9H8O4S/c10-8(9(11)12)5-1-2-7-6(3-5)13-4-14-7/h1-3,8,10H,4H2,(H,11,12). The Kier molecular flexibility index (Phi) is 2.35. The molecule has 0 saturated heterocycles. The van der Waals surface area contributed by atoms with E-state index in [9.17, 15) is 9.90 Å². The maximum atomic E-state index is 10.5. The zero-order chi connectivity index (χ0) is 10.1. The van der Waals surface area contributed by atoms with Crippen molar-refractivity contribution in [2.75, 3.05) is 5.94 Å². The SMILES string of the molecule is O=C(O)C(O)c1ccc2c(c1)OCS2. The molecule has 14 heavy (non-hydrogen) atoms. The molecule has 1 heterocycles. The number of carbonyl (C=O) groups is 1. The van der Waals surface area contributed by atoms with Gasteiger partial charge in [-0.3, -0.25) is 0 Å². The zero-order valence-corrected chi connectivity index (χ0v) is 7.95. The lowest BCUT2D eigenvalue weighted by atomic mass is 10.1. The molecule has 0 fully saturated rings. The van der Waals surface area contributed by atoms with Crippen LogP contribution in [0.15, 0.2) is 23.1 Å². The Hall–Kier alpha value is -1.20. The topological polar surface area (TPSA) is 66.8 Å². The fourth-order valence-electron chi connectivity index (χ4n) is 1.23. The molecule has 1 aromatic rings. The number of hydrogen-bond donors (Lipinski definition) is 2. The number of carboxylic acid groups (broad SMARTS) is 1.